The molecule has 0 atom stereocenters. The molecule has 0 bridgehead atoms. The molecule has 7 nitrogen and oxygen atoms in total. The van der Waals surface area contributed by atoms with Crippen LogP contribution in [0.1, 0.15) is 117 Å². The van der Waals surface area contributed by atoms with Gasteiger partial charge < -0.3 is 24.5 Å². The van der Waals surface area contributed by atoms with Crippen molar-refractivity contribution in [1.29, 1.82) is 0 Å². The fraction of sp³-hybridized carbons (Fsp3) is 0.864. The Balaban J connectivity index is 0. The second-order valence-corrected chi connectivity index (χ2v) is 8.79. The maximum absolute atomic E-state index is 11.3. The lowest BCUT2D eigenvalue weighted by Gasteiger charge is -2.05. The van der Waals surface area contributed by atoms with Gasteiger partial charge in [-0.25, -0.2) is 9.36 Å². The van der Waals surface area contributed by atoms with Gasteiger partial charge in [0.2, 0.25) is 0 Å². The number of ether oxygens (including phenoxy) is 1. The lowest BCUT2D eigenvalue weighted by molar-refractivity contribution is -0.139. The summed E-state index contributed by atoms with van der Waals surface area (Å²) in [5, 5.41) is 8.69. The van der Waals surface area contributed by atoms with Gasteiger partial charge in [0.15, 0.2) is 0 Å². The molecule has 0 saturated carbocycles. The number of rotatable bonds is 18. The molecule has 0 aliphatic heterocycles. The molecule has 0 heterocycles. The molecule has 0 unspecified atom stereocenters. The second kappa shape index (κ2) is 22.8. The van der Waals surface area contributed by atoms with E-state index in [1.54, 1.807) is 6.92 Å². The van der Waals surface area contributed by atoms with Crippen LogP contribution in [0.5, 0.6) is 0 Å². The molecule has 0 spiro atoms. The van der Waals surface area contributed by atoms with Gasteiger partial charge in [0.25, 0.3) is 0 Å². The van der Waals surface area contributed by atoms with Crippen molar-refractivity contribution in [2.24, 2.45) is 0 Å². The van der Waals surface area contributed by atoms with Crippen LogP contribution in [0.2, 0.25) is 0 Å². The van der Waals surface area contributed by atoms with Crippen molar-refractivity contribution in [2.45, 2.75) is 117 Å². The molecule has 0 aromatic carbocycles. The molecule has 4 N–H and O–H groups in total. The summed E-state index contributed by atoms with van der Waals surface area (Å²) in [6.07, 6.45) is 22.2. The van der Waals surface area contributed by atoms with Crippen molar-refractivity contribution in [3.05, 3.63) is 11.8 Å². The molecule has 0 fully saturated rings. The number of carbonyl (C=O) groups excluding carboxylic acids is 1. The van der Waals surface area contributed by atoms with Crippen molar-refractivity contribution in [3.63, 3.8) is 0 Å². The summed E-state index contributed by atoms with van der Waals surface area (Å²) in [6.45, 7) is 4.29. The summed E-state index contributed by atoms with van der Waals surface area (Å²) < 4.78 is 13.9. The van der Waals surface area contributed by atoms with Crippen molar-refractivity contribution in [3.8, 4) is 0 Å². The number of esters is 1. The zero-order valence-electron chi connectivity index (χ0n) is 19.1. The molecular formula is C22H45O7P. The molecular weight excluding hydrogens is 407 g/mol. The number of aliphatic hydroxyl groups excluding tert-OH is 1. The SMILES string of the molecule is CCCCCCCCCCCCCCCCCCOC(=O)C(C)=CO.O=P(O)(O)O. The van der Waals surface area contributed by atoms with Crippen LogP contribution in [-0.2, 0) is 14.1 Å². The van der Waals surface area contributed by atoms with E-state index in [0.29, 0.717) is 6.61 Å². The third-order valence-electron chi connectivity index (χ3n) is 4.75. The minimum absolute atomic E-state index is 0.261. The van der Waals surface area contributed by atoms with Crippen LogP contribution >= 0.6 is 7.82 Å². The Morgan fingerprint density at radius 2 is 1.03 bits per heavy atom. The number of unbranched alkanes of at least 4 members (excludes halogenated alkanes) is 15. The van der Waals surface area contributed by atoms with E-state index < -0.39 is 13.8 Å². The fourth-order valence-electron chi connectivity index (χ4n) is 2.98. The van der Waals surface area contributed by atoms with E-state index >= 15 is 0 Å². The first-order valence-electron chi connectivity index (χ1n) is 11.5. The van der Waals surface area contributed by atoms with E-state index in [4.69, 9.17) is 29.1 Å². The number of hydrogen-bond acceptors (Lipinski definition) is 4. The van der Waals surface area contributed by atoms with Crippen LogP contribution in [0, 0.1) is 0 Å². The first-order chi connectivity index (χ1) is 14.2. The van der Waals surface area contributed by atoms with Crippen molar-refractivity contribution in [2.75, 3.05) is 6.61 Å². The molecule has 8 heteroatoms. The average molecular weight is 453 g/mol. The molecule has 0 amide bonds. The molecule has 0 aliphatic rings. The summed E-state index contributed by atoms with van der Waals surface area (Å²) in [7, 11) is -4.64. The van der Waals surface area contributed by atoms with Gasteiger partial charge in [0, 0.05) is 0 Å². The van der Waals surface area contributed by atoms with Gasteiger partial charge >= 0.3 is 13.8 Å². The van der Waals surface area contributed by atoms with Crippen LogP contribution in [-0.4, -0.2) is 32.4 Å². The number of aliphatic hydroxyl groups is 1. The highest BCUT2D eigenvalue weighted by atomic mass is 31.2. The van der Waals surface area contributed by atoms with Crippen molar-refractivity contribution >= 4 is 13.8 Å². The molecule has 0 aromatic heterocycles. The maximum atomic E-state index is 11.3. The van der Waals surface area contributed by atoms with Crippen LogP contribution in [0.25, 0.3) is 0 Å². The predicted octanol–water partition coefficient (Wildman–Crippen LogP) is 6.32. The summed E-state index contributed by atoms with van der Waals surface area (Å²) in [4.78, 5) is 32.8. The molecule has 0 saturated heterocycles. The normalized spacial score (nSPS) is 11.7. The Morgan fingerprint density at radius 3 is 1.33 bits per heavy atom. The van der Waals surface area contributed by atoms with Crippen molar-refractivity contribution in [1.82, 2.24) is 0 Å². The van der Waals surface area contributed by atoms with Gasteiger partial charge in [-0.2, -0.15) is 0 Å². The van der Waals surface area contributed by atoms with Gasteiger partial charge in [-0.1, -0.05) is 103 Å². The quantitative estimate of drug-likeness (QED) is 0.0630. The maximum Gasteiger partial charge on any atom is 0.466 e. The lowest BCUT2D eigenvalue weighted by Crippen LogP contribution is -2.07. The molecule has 0 aromatic rings. The first kappa shape index (κ1) is 31.3. The summed E-state index contributed by atoms with van der Waals surface area (Å²) in [5.41, 5.74) is 0.261. The Hall–Kier alpha value is -0.880. The molecule has 0 aliphatic carbocycles. The molecule has 0 radical (unpaired) electrons. The van der Waals surface area contributed by atoms with Crippen LogP contribution in [0.15, 0.2) is 11.8 Å². The summed E-state index contributed by atoms with van der Waals surface area (Å²) in [5.74, 6) is -0.413. The van der Waals surface area contributed by atoms with E-state index in [1.807, 2.05) is 0 Å². The largest absolute Gasteiger partial charge is 0.515 e. The monoisotopic (exact) mass is 452 g/mol. The van der Waals surface area contributed by atoms with Crippen LogP contribution in [0.4, 0.5) is 0 Å². The van der Waals surface area contributed by atoms with Crippen LogP contribution in [0.3, 0.4) is 0 Å². The van der Waals surface area contributed by atoms with Gasteiger partial charge in [0.05, 0.1) is 18.4 Å². The highest BCUT2D eigenvalue weighted by Crippen LogP contribution is 2.25. The second-order valence-electron chi connectivity index (χ2n) is 7.76. The predicted molar refractivity (Wildman–Crippen MR) is 121 cm³/mol. The van der Waals surface area contributed by atoms with E-state index in [1.165, 1.54) is 89.9 Å². The summed E-state index contributed by atoms with van der Waals surface area (Å²) in [6, 6.07) is 0. The smallest absolute Gasteiger partial charge is 0.466 e. The van der Waals surface area contributed by atoms with E-state index in [0.717, 1.165) is 19.1 Å². The Morgan fingerprint density at radius 1 is 0.733 bits per heavy atom. The highest BCUT2D eigenvalue weighted by molar-refractivity contribution is 7.45. The van der Waals surface area contributed by atoms with E-state index in [9.17, 15) is 4.79 Å². The van der Waals surface area contributed by atoms with Gasteiger partial charge in [-0.05, 0) is 13.3 Å². The Labute approximate surface area is 183 Å². The first-order valence-corrected chi connectivity index (χ1v) is 13.0. The topological polar surface area (TPSA) is 124 Å². The fourth-order valence-corrected chi connectivity index (χ4v) is 2.98. The van der Waals surface area contributed by atoms with Crippen LogP contribution < -0.4 is 0 Å². The minimum atomic E-state index is -4.64. The molecule has 180 valence electrons. The van der Waals surface area contributed by atoms with E-state index in [-0.39, 0.29) is 5.57 Å². The Kier molecular flexibility index (Phi) is 23.8. The minimum Gasteiger partial charge on any atom is -0.515 e. The summed E-state index contributed by atoms with van der Waals surface area (Å²) >= 11 is 0. The third kappa shape index (κ3) is 31.8. The number of hydrogen-bond donors (Lipinski definition) is 4. The van der Waals surface area contributed by atoms with Crippen molar-refractivity contribution < 1.29 is 33.9 Å². The standard InChI is InChI=1S/C22H42O3.H3O4P/c1-3-4-5-6-7-8-9-10-11-12-13-14-15-16-17-18-19-25-22(24)21(2)20-23;1-5(2,3)4/h20,23H,3-19H2,1-2H3;(H3,1,2,3,4). The van der Waals surface area contributed by atoms with Gasteiger partial charge in [0.1, 0.15) is 0 Å². The van der Waals surface area contributed by atoms with Gasteiger partial charge in [-0.3, -0.25) is 0 Å². The zero-order chi connectivity index (χ0) is 23.1. The van der Waals surface area contributed by atoms with E-state index in [2.05, 4.69) is 6.92 Å². The number of phosphoric acid groups is 1. The zero-order valence-corrected chi connectivity index (χ0v) is 20.0. The average Bonchev–Trinajstić information content (AvgIpc) is 2.68. The number of carbonyl (C=O) groups is 1. The Bertz CT molecular complexity index is 452. The highest BCUT2D eigenvalue weighted by Gasteiger charge is 2.04. The molecule has 30 heavy (non-hydrogen) atoms. The lowest BCUT2D eigenvalue weighted by atomic mass is 10.0. The molecule has 0 rings (SSSR count). The van der Waals surface area contributed by atoms with Gasteiger partial charge in [-0.15, -0.1) is 0 Å². The third-order valence-corrected chi connectivity index (χ3v) is 4.75.